The van der Waals surface area contributed by atoms with Crippen LogP contribution in [-0.4, -0.2) is 0 Å². The van der Waals surface area contributed by atoms with Crippen molar-refractivity contribution in [1.29, 1.82) is 0 Å². The molecule has 0 saturated carbocycles. The van der Waals surface area contributed by atoms with E-state index in [2.05, 4.69) is 163 Å². The van der Waals surface area contributed by atoms with E-state index in [4.69, 9.17) is 0 Å². The summed E-state index contributed by atoms with van der Waals surface area (Å²) in [5.74, 6) is 0. The Morgan fingerprint density at radius 2 is 0.921 bits per heavy atom. The lowest BCUT2D eigenvalue weighted by Gasteiger charge is -2.35. The van der Waals surface area contributed by atoms with Gasteiger partial charge >= 0.3 is 0 Å². The number of fused-ring (bicyclic) bond motifs is 3. The number of benzene rings is 6. The van der Waals surface area contributed by atoms with Gasteiger partial charge in [0.15, 0.2) is 0 Å². The van der Waals surface area contributed by atoms with Gasteiger partial charge in [-0.1, -0.05) is 140 Å². The molecule has 0 saturated heterocycles. The summed E-state index contributed by atoms with van der Waals surface area (Å²) >= 11 is 0. The van der Waals surface area contributed by atoms with Gasteiger partial charge in [0.2, 0.25) is 0 Å². The average Bonchev–Trinajstić information content (AvgIpc) is 3.31. The highest BCUT2D eigenvalue weighted by atomic mass is 14.9. The number of nitrogens with one attached hydrogen (secondary N) is 1. The Hall–Kier alpha value is -4.88. The fourth-order valence-electron chi connectivity index (χ4n) is 6.14. The Kier molecular flexibility index (Phi) is 5.41. The average molecular weight is 486 g/mol. The first-order valence-electron chi connectivity index (χ1n) is 13.1. The van der Waals surface area contributed by atoms with Crippen molar-refractivity contribution in [3.8, 4) is 22.3 Å². The van der Waals surface area contributed by atoms with E-state index in [-0.39, 0.29) is 0 Å². The molecule has 0 atom stereocenters. The maximum absolute atomic E-state index is 3.81. The highest BCUT2D eigenvalue weighted by Crippen LogP contribution is 2.58. The first-order valence-corrected chi connectivity index (χ1v) is 13.1. The smallest absolute Gasteiger partial charge is 0.0733 e. The second-order valence-corrected chi connectivity index (χ2v) is 9.82. The number of anilines is 2. The molecule has 1 aliphatic rings. The molecule has 38 heavy (non-hydrogen) atoms. The second-order valence-electron chi connectivity index (χ2n) is 9.82. The predicted molar refractivity (Wildman–Crippen MR) is 159 cm³/mol. The Bertz CT molecular complexity index is 1660. The van der Waals surface area contributed by atoms with Crippen LogP contribution < -0.4 is 5.32 Å². The maximum Gasteiger partial charge on any atom is 0.0733 e. The predicted octanol–water partition coefficient (Wildman–Crippen LogP) is 9.46. The van der Waals surface area contributed by atoms with Crippen molar-refractivity contribution in [3.05, 3.63) is 180 Å². The van der Waals surface area contributed by atoms with E-state index in [1.165, 1.54) is 44.5 Å². The first-order chi connectivity index (χ1) is 18.9. The quantitative estimate of drug-likeness (QED) is 0.256. The van der Waals surface area contributed by atoms with Crippen LogP contribution in [0.2, 0.25) is 0 Å². The topological polar surface area (TPSA) is 12.0 Å². The van der Waals surface area contributed by atoms with E-state index >= 15 is 0 Å². The van der Waals surface area contributed by atoms with Crippen LogP contribution in [0.3, 0.4) is 0 Å². The van der Waals surface area contributed by atoms with E-state index in [1.54, 1.807) is 0 Å². The van der Waals surface area contributed by atoms with Crippen LogP contribution in [0.4, 0.5) is 11.4 Å². The minimum atomic E-state index is -0.429. The van der Waals surface area contributed by atoms with Crippen molar-refractivity contribution in [1.82, 2.24) is 0 Å². The van der Waals surface area contributed by atoms with Crippen LogP contribution in [-0.2, 0) is 5.41 Å². The molecule has 0 bridgehead atoms. The largest absolute Gasteiger partial charge is 0.355 e. The minimum absolute atomic E-state index is 0.429. The summed E-state index contributed by atoms with van der Waals surface area (Å²) < 4.78 is 0. The summed E-state index contributed by atoms with van der Waals surface area (Å²) in [6, 6.07) is 56.7. The van der Waals surface area contributed by atoms with Gasteiger partial charge < -0.3 is 5.32 Å². The van der Waals surface area contributed by atoms with Crippen LogP contribution in [0, 0.1) is 0 Å². The molecule has 0 aromatic heterocycles. The van der Waals surface area contributed by atoms with Crippen LogP contribution in [0.5, 0.6) is 0 Å². The highest BCUT2D eigenvalue weighted by Gasteiger charge is 2.47. The zero-order chi connectivity index (χ0) is 25.4. The monoisotopic (exact) mass is 485 g/mol. The molecule has 0 heterocycles. The van der Waals surface area contributed by atoms with Crippen molar-refractivity contribution in [2.45, 2.75) is 5.41 Å². The summed E-state index contributed by atoms with van der Waals surface area (Å²) in [6.07, 6.45) is 0. The molecule has 180 valence electrons. The van der Waals surface area contributed by atoms with E-state index in [0.29, 0.717) is 0 Å². The van der Waals surface area contributed by atoms with Crippen molar-refractivity contribution in [2.75, 3.05) is 5.32 Å². The van der Waals surface area contributed by atoms with E-state index in [0.717, 1.165) is 11.4 Å². The third-order valence-corrected chi connectivity index (χ3v) is 7.75. The number of hydrogen-bond donors (Lipinski definition) is 1. The molecule has 6 aromatic rings. The molecule has 6 aromatic carbocycles. The number of hydrogen-bond acceptors (Lipinski definition) is 1. The third-order valence-electron chi connectivity index (χ3n) is 7.75. The molecule has 1 heteroatoms. The first kappa shape index (κ1) is 22.3. The fourth-order valence-corrected chi connectivity index (χ4v) is 6.14. The van der Waals surface area contributed by atoms with Gasteiger partial charge in [0.05, 0.1) is 5.41 Å². The summed E-state index contributed by atoms with van der Waals surface area (Å²) in [7, 11) is 0. The molecule has 0 unspecified atom stereocenters. The zero-order valence-electron chi connectivity index (χ0n) is 21.0. The van der Waals surface area contributed by atoms with Gasteiger partial charge in [0.25, 0.3) is 0 Å². The molecule has 0 fully saturated rings. The third kappa shape index (κ3) is 3.48. The highest BCUT2D eigenvalue weighted by molar-refractivity contribution is 5.91. The molecule has 1 aliphatic carbocycles. The molecular formula is C37H27N. The molecule has 0 radical (unpaired) electrons. The lowest BCUT2D eigenvalue weighted by Crippen LogP contribution is -2.29. The van der Waals surface area contributed by atoms with Gasteiger partial charge in [0.1, 0.15) is 0 Å². The minimum Gasteiger partial charge on any atom is -0.355 e. The lowest BCUT2D eigenvalue weighted by atomic mass is 9.67. The van der Waals surface area contributed by atoms with E-state index in [9.17, 15) is 0 Å². The molecule has 1 N–H and O–H groups in total. The van der Waals surface area contributed by atoms with Crippen molar-refractivity contribution >= 4 is 11.4 Å². The van der Waals surface area contributed by atoms with Crippen molar-refractivity contribution < 1.29 is 0 Å². The Labute approximate surface area is 224 Å². The van der Waals surface area contributed by atoms with Gasteiger partial charge in [-0.05, 0) is 57.1 Å². The zero-order valence-corrected chi connectivity index (χ0v) is 21.0. The molecule has 7 rings (SSSR count). The normalized spacial score (nSPS) is 12.9. The molecule has 0 aliphatic heterocycles. The standard InChI is InChI=1S/C37H27N/c1-4-13-27(14-5-1)28-23-25-31(26-24-28)38-35-22-12-20-33-32-19-10-11-21-34(32)37(36(33)35,29-15-6-2-7-16-29)30-17-8-3-9-18-30/h1-26,38H. The summed E-state index contributed by atoms with van der Waals surface area (Å²) in [6.45, 7) is 0. The van der Waals surface area contributed by atoms with Gasteiger partial charge in [-0.15, -0.1) is 0 Å². The fraction of sp³-hybridized carbons (Fsp3) is 0.0270. The Balaban J connectivity index is 1.43. The summed E-state index contributed by atoms with van der Waals surface area (Å²) in [5.41, 5.74) is 11.9. The summed E-state index contributed by atoms with van der Waals surface area (Å²) in [5, 5.41) is 3.81. The Morgan fingerprint density at radius 3 is 1.58 bits per heavy atom. The van der Waals surface area contributed by atoms with Gasteiger partial charge in [-0.25, -0.2) is 0 Å². The van der Waals surface area contributed by atoms with Crippen LogP contribution in [0.1, 0.15) is 22.3 Å². The molecule has 1 nitrogen and oxygen atoms in total. The molecule has 0 spiro atoms. The lowest BCUT2D eigenvalue weighted by molar-refractivity contribution is 0.770. The number of rotatable bonds is 5. The van der Waals surface area contributed by atoms with Crippen molar-refractivity contribution in [2.24, 2.45) is 0 Å². The molecular weight excluding hydrogens is 458 g/mol. The van der Waals surface area contributed by atoms with Crippen LogP contribution in [0.25, 0.3) is 22.3 Å². The van der Waals surface area contributed by atoms with E-state index in [1.807, 2.05) is 0 Å². The van der Waals surface area contributed by atoms with Gasteiger partial charge in [-0.3, -0.25) is 0 Å². The maximum atomic E-state index is 3.81. The van der Waals surface area contributed by atoms with Crippen LogP contribution >= 0.6 is 0 Å². The summed E-state index contributed by atoms with van der Waals surface area (Å²) in [4.78, 5) is 0. The van der Waals surface area contributed by atoms with E-state index < -0.39 is 5.41 Å². The Morgan fingerprint density at radius 1 is 0.395 bits per heavy atom. The van der Waals surface area contributed by atoms with Crippen molar-refractivity contribution in [3.63, 3.8) is 0 Å². The van der Waals surface area contributed by atoms with Crippen LogP contribution in [0.15, 0.2) is 158 Å². The second kappa shape index (κ2) is 9.21. The van der Waals surface area contributed by atoms with Gasteiger partial charge in [0, 0.05) is 16.9 Å². The SMILES string of the molecule is c1ccc(-c2ccc(Nc3cccc4c3C(c3ccccc3)(c3ccccc3)c3ccccc3-4)cc2)cc1. The van der Waals surface area contributed by atoms with Gasteiger partial charge in [-0.2, -0.15) is 0 Å². The molecule has 0 amide bonds.